The van der Waals surface area contributed by atoms with Gasteiger partial charge in [-0.05, 0) is 13.8 Å². The molecule has 0 aromatic heterocycles. The summed E-state index contributed by atoms with van der Waals surface area (Å²) in [4.78, 5) is 20.0. The van der Waals surface area contributed by atoms with Crippen LogP contribution in [-0.2, 0) is 14.7 Å². The predicted molar refractivity (Wildman–Crippen MR) is 44.1 cm³/mol. The fourth-order valence-corrected chi connectivity index (χ4v) is 0. The standard InChI is InChI=1S/C3H9NO3S.H3O4P/c1-3(2,4)8(5,6)7;1-5(2,3)4/h4H2,1-2H3,(H,5,6,7);(H3,1,2,3,4). The van der Waals surface area contributed by atoms with Gasteiger partial charge in [-0.15, -0.1) is 0 Å². The van der Waals surface area contributed by atoms with Gasteiger partial charge in [-0.1, -0.05) is 0 Å². The first kappa shape index (κ1) is 15.5. The summed E-state index contributed by atoms with van der Waals surface area (Å²) in [6.07, 6.45) is 0. The van der Waals surface area contributed by atoms with E-state index < -0.39 is 22.8 Å². The summed E-state index contributed by atoms with van der Waals surface area (Å²) in [5, 5.41) is 0. The van der Waals surface area contributed by atoms with Gasteiger partial charge in [0.05, 0.1) is 0 Å². The lowest BCUT2D eigenvalue weighted by Crippen LogP contribution is -2.40. The molecular formula is C3H12NO7PS. The summed E-state index contributed by atoms with van der Waals surface area (Å²) < 4.78 is 37.2. The number of hydrogen-bond acceptors (Lipinski definition) is 4. The van der Waals surface area contributed by atoms with Gasteiger partial charge in [0.15, 0.2) is 0 Å². The van der Waals surface area contributed by atoms with Crippen LogP contribution in [0.1, 0.15) is 13.8 Å². The van der Waals surface area contributed by atoms with Crippen molar-refractivity contribution < 1.29 is 32.2 Å². The largest absolute Gasteiger partial charge is 0.466 e. The Balaban J connectivity index is 0. The van der Waals surface area contributed by atoms with Gasteiger partial charge in [0.25, 0.3) is 10.1 Å². The van der Waals surface area contributed by atoms with Gasteiger partial charge in [0.2, 0.25) is 0 Å². The van der Waals surface area contributed by atoms with Crippen molar-refractivity contribution in [1.82, 2.24) is 0 Å². The zero-order valence-electron chi connectivity index (χ0n) is 6.95. The molecule has 0 aliphatic rings. The number of hydrogen-bond donors (Lipinski definition) is 5. The predicted octanol–water partition coefficient (Wildman–Crippen LogP) is -1.36. The molecule has 0 aromatic rings. The van der Waals surface area contributed by atoms with Crippen molar-refractivity contribution in [3.8, 4) is 0 Å². The monoisotopic (exact) mass is 237 g/mol. The molecule has 8 nitrogen and oxygen atoms in total. The molecule has 0 spiro atoms. The van der Waals surface area contributed by atoms with Gasteiger partial charge in [-0.25, -0.2) is 4.57 Å². The van der Waals surface area contributed by atoms with Crippen LogP contribution in [0.2, 0.25) is 0 Å². The summed E-state index contributed by atoms with van der Waals surface area (Å²) in [6.45, 7) is 2.42. The lowest BCUT2D eigenvalue weighted by molar-refractivity contribution is 0.275. The van der Waals surface area contributed by atoms with Crippen molar-refractivity contribution in [1.29, 1.82) is 0 Å². The molecule has 0 aliphatic carbocycles. The van der Waals surface area contributed by atoms with Crippen LogP contribution in [0, 0.1) is 0 Å². The fourth-order valence-electron chi connectivity index (χ4n) is 0. The maximum Gasteiger partial charge on any atom is 0.466 e. The highest BCUT2D eigenvalue weighted by Gasteiger charge is 2.26. The van der Waals surface area contributed by atoms with E-state index in [0.29, 0.717) is 0 Å². The van der Waals surface area contributed by atoms with Crippen LogP contribution in [0.25, 0.3) is 0 Å². The normalized spacial score (nSPS) is 13.2. The van der Waals surface area contributed by atoms with Gasteiger partial charge in [0.1, 0.15) is 4.87 Å². The second-order valence-corrected chi connectivity index (χ2v) is 5.62. The second kappa shape index (κ2) is 4.47. The van der Waals surface area contributed by atoms with E-state index >= 15 is 0 Å². The maximum absolute atomic E-state index is 10.1. The maximum atomic E-state index is 10.1. The lowest BCUT2D eigenvalue weighted by atomic mass is 10.4. The van der Waals surface area contributed by atoms with E-state index in [2.05, 4.69) is 0 Å². The van der Waals surface area contributed by atoms with E-state index in [9.17, 15) is 8.42 Å². The van der Waals surface area contributed by atoms with E-state index in [-0.39, 0.29) is 0 Å². The van der Waals surface area contributed by atoms with Crippen LogP contribution in [0.5, 0.6) is 0 Å². The number of nitrogens with two attached hydrogens (primary N) is 1. The summed E-state index contributed by atoms with van der Waals surface area (Å²) in [6, 6.07) is 0. The Hall–Kier alpha value is -0.0200. The summed E-state index contributed by atoms with van der Waals surface area (Å²) in [7, 11) is -8.70. The molecule has 0 atom stereocenters. The Morgan fingerprint density at radius 2 is 1.31 bits per heavy atom. The van der Waals surface area contributed by atoms with E-state index in [1.807, 2.05) is 0 Å². The highest BCUT2D eigenvalue weighted by molar-refractivity contribution is 7.87. The SMILES string of the molecule is CC(C)(N)S(=O)(=O)O.O=P(O)(O)O. The highest BCUT2D eigenvalue weighted by atomic mass is 32.2. The van der Waals surface area contributed by atoms with Crippen LogP contribution in [0.15, 0.2) is 0 Å². The van der Waals surface area contributed by atoms with E-state index in [1.165, 1.54) is 13.8 Å². The van der Waals surface area contributed by atoms with E-state index in [0.717, 1.165) is 0 Å². The Labute approximate surface area is 75.4 Å². The Kier molecular flexibility index (Phi) is 5.31. The van der Waals surface area contributed by atoms with Crippen LogP contribution in [0.3, 0.4) is 0 Å². The molecule has 0 unspecified atom stereocenters. The van der Waals surface area contributed by atoms with Crippen LogP contribution >= 0.6 is 7.82 Å². The summed E-state index contributed by atoms with van der Waals surface area (Å²) >= 11 is 0. The first-order chi connectivity index (χ1) is 5.25. The fraction of sp³-hybridized carbons (Fsp3) is 1.00. The minimum absolute atomic E-state index is 1.21. The molecule has 0 radical (unpaired) electrons. The molecule has 0 bridgehead atoms. The van der Waals surface area contributed by atoms with Gasteiger partial charge in [0, 0.05) is 0 Å². The molecule has 13 heavy (non-hydrogen) atoms. The van der Waals surface area contributed by atoms with Crippen molar-refractivity contribution in [3.05, 3.63) is 0 Å². The van der Waals surface area contributed by atoms with Crippen molar-refractivity contribution in [2.45, 2.75) is 18.7 Å². The average Bonchev–Trinajstić information content (AvgIpc) is 1.50. The third-order valence-corrected chi connectivity index (χ3v) is 1.99. The minimum atomic E-state index is -4.64. The molecule has 0 aromatic carbocycles. The third-order valence-electron chi connectivity index (χ3n) is 0.665. The zero-order chi connectivity index (χ0) is 11.5. The molecule has 0 fully saturated rings. The molecule has 0 rings (SSSR count). The van der Waals surface area contributed by atoms with Crippen molar-refractivity contribution in [2.24, 2.45) is 5.73 Å². The van der Waals surface area contributed by atoms with Crippen LogP contribution in [0.4, 0.5) is 0 Å². The van der Waals surface area contributed by atoms with Gasteiger partial charge in [-0.3, -0.25) is 4.55 Å². The second-order valence-electron chi connectivity index (χ2n) is 2.59. The first-order valence-corrected chi connectivity index (χ1v) is 5.80. The van der Waals surface area contributed by atoms with Gasteiger partial charge < -0.3 is 20.4 Å². The quantitative estimate of drug-likeness (QED) is 0.276. The van der Waals surface area contributed by atoms with E-state index in [1.54, 1.807) is 0 Å². The zero-order valence-corrected chi connectivity index (χ0v) is 8.66. The summed E-state index contributed by atoms with van der Waals surface area (Å²) in [5.41, 5.74) is 4.97. The van der Waals surface area contributed by atoms with Crippen molar-refractivity contribution in [2.75, 3.05) is 0 Å². The van der Waals surface area contributed by atoms with Gasteiger partial charge >= 0.3 is 7.82 Å². The van der Waals surface area contributed by atoms with E-state index in [4.69, 9.17) is 29.5 Å². The number of phosphoric acid groups is 1. The molecule has 10 heteroatoms. The van der Waals surface area contributed by atoms with Crippen molar-refractivity contribution in [3.63, 3.8) is 0 Å². The molecule has 0 amide bonds. The molecule has 0 saturated heterocycles. The molecule has 0 heterocycles. The summed E-state index contributed by atoms with van der Waals surface area (Å²) in [5.74, 6) is 0. The number of rotatable bonds is 1. The van der Waals surface area contributed by atoms with Crippen LogP contribution in [-0.4, -0.2) is 32.5 Å². The smallest absolute Gasteiger partial charge is 0.311 e. The third kappa shape index (κ3) is 14.8. The first-order valence-electron chi connectivity index (χ1n) is 2.79. The molecule has 82 valence electrons. The Bertz CT molecular complexity index is 275. The highest BCUT2D eigenvalue weighted by Crippen LogP contribution is 2.25. The molecular weight excluding hydrogens is 225 g/mol. The van der Waals surface area contributed by atoms with Gasteiger partial charge in [-0.2, -0.15) is 8.42 Å². The lowest BCUT2D eigenvalue weighted by Gasteiger charge is -2.12. The Morgan fingerprint density at radius 3 is 1.31 bits per heavy atom. The Morgan fingerprint density at radius 1 is 1.23 bits per heavy atom. The molecule has 0 saturated carbocycles. The average molecular weight is 237 g/mol. The van der Waals surface area contributed by atoms with Crippen molar-refractivity contribution >= 4 is 17.9 Å². The molecule has 0 aliphatic heterocycles. The topological polar surface area (TPSA) is 158 Å². The molecule has 6 N–H and O–H groups in total. The van der Waals surface area contributed by atoms with Crippen LogP contribution < -0.4 is 5.73 Å². The minimum Gasteiger partial charge on any atom is -0.311 e.